The number of morpholine rings is 1. The molecule has 40 heavy (non-hydrogen) atoms. The summed E-state index contributed by atoms with van der Waals surface area (Å²) in [5.41, 5.74) is 2.33. The van der Waals surface area contributed by atoms with Crippen LogP contribution in [0.5, 0.6) is 0 Å². The first-order valence-corrected chi connectivity index (χ1v) is 13.5. The van der Waals surface area contributed by atoms with Gasteiger partial charge in [-0.2, -0.15) is 5.10 Å². The summed E-state index contributed by atoms with van der Waals surface area (Å²) >= 11 is 6.10. The fourth-order valence-corrected chi connectivity index (χ4v) is 5.01. The molecule has 1 saturated heterocycles. The van der Waals surface area contributed by atoms with Gasteiger partial charge in [-0.15, -0.1) is 0 Å². The van der Waals surface area contributed by atoms with Gasteiger partial charge in [0.2, 0.25) is 0 Å². The van der Waals surface area contributed by atoms with Crippen LogP contribution in [-0.2, 0) is 9.53 Å². The first-order valence-electron chi connectivity index (χ1n) is 13.1. The molecule has 2 heterocycles. The predicted molar refractivity (Wildman–Crippen MR) is 148 cm³/mol. The third kappa shape index (κ3) is 6.72. The van der Waals surface area contributed by atoms with E-state index in [1.807, 2.05) is 12.1 Å². The van der Waals surface area contributed by atoms with E-state index in [9.17, 15) is 18.4 Å². The fraction of sp³-hybridized carbons (Fsp3) is 0.300. The Morgan fingerprint density at radius 2 is 1.70 bits per heavy atom. The van der Waals surface area contributed by atoms with Gasteiger partial charge >= 0.3 is 0 Å². The van der Waals surface area contributed by atoms with Crippen LogP contribution in [-0.4, -0.2) is 78.3 Å². The maximum Gasteiger partial charge on any atom is 0.262 e. The Bertz CT molecular complexity index is 1380. The van der Waals surface area contributed by atoms with Gasteiger partial charge in [0.25, 0.3) is 11.8 Å². The molecule has 0 radical (unpaired) electrons. The van der Waals surface area contributed by atoms with Crippen molar-refractivity contribution in [1.82, 2.24) is 14.8 Å². The predicted octanol–water partition coefficient (Wildman–Crippen LogP) is 4.77. The Labute approximate surface area is 236 Å². The number of hydrogen-bond donors (Lipinski definition) is 0. The molecule has 3 aromatic rings. The van der Waals surface area contributed by atoms with E-state index in [0.717, 1.165) is 18.7 Å². The number of benzene rings is 3. The van der Waals surface area contributed by atoms with E-state index < -0.39 is 17.8 Å². The summed E-state index contributed by atoms with van der Waals surface area (Å²) in [6.07, 6.45) is 0.407. The SMILES string of the molecule is O=C(c1cccc(F)c1)N(CCN1CCOCC1)CC(=O)N1N=C(c2ccc(F)cc2)CC1c1ccc(Cl)cc1. The molecule has 0 bridgehead atoms. The van der Waals surface area contributed by atoms with Gasteiger partial charge < -0.3 is 9.64 Å². The third-order valence-corrected chi connectivity index (χ3v) is 7.32. The summed E-state index contributed by atoms with van der Waals surface area (Å²) in [5, 5.41) is 6.59. The fourth-order valence-electron chi connectivity index (χ4n) is 4.88. The zero-order valence-corrected chi connectivity index (χ0v) is 22.6. The average Bonchev–Trinajstić information content (AvgIpc) is 3.42. The molecule has 0 spiro atoms. The van der Waals surface area contributed by atoms with E-state index in [4.69, 9.17) is 16.3 Å². The Morgan fingerprint density at radius 1 is 0.975 bits per heavy atom. The van der Waals surface area contributed by atoms with Crippen LogP contribution in [0.25, 0.3) is 0 Å². The summed E-state index contributed by atoms with van der Waals surface area (Å²) < 4.78 is 32.9. The van der Waals surface area contributed by atoms with Gasteiger partial charge in [-0.3, -0.25) is 14.5 Å². The van der Waals surface area contributed by atoms with Gasteiger partial charge in [0.15, 0.2) is 0 Å². The van der Waals surface area contributed by atoms with Crippen molar-refractivity contribution in [2.24, 2.45) is 5.10 Å². The molecule has 5 rings (SSSR count). The minimum atomic E-state index is -0.527. The lowest BCUT2D eigenvalue weighted by molar-refractivity contribution is -0.133. The van der Waals surface area contributed by atoms with Crippen LogP contribution >= 0.6 is 11.6 Å². The molecule has 2 amide bonds. The maximum atomic E-state index is 14.0. The molecule has 10 heteroatoms. The van der Waals surface area contributed by atoms with Crippen LogP contribution < -0.4 is 0 Å². The van der Waals surface area contributed by atoms with Crippen LogP contribution in [0.1, 0.15) is 33.9 Å². The van der Waals surface area contributed by atoms with Crippen LogP contribution in [0.3, 0.4) is 0 Å². The minimum Gasteiger partial charge on any atom is -0.379 e. The highest BCUT2D eigenvalue weighted by Gasteiger charge is 2.34. The number of ether oxygens (including phenoxy) is 1. The topological polar surface area (TPSA) is 65.5 Å². The lowest BCUT2D eigenvalue weighted by Crippen LogP contribution is -2.46. The number of nitrogens with zero attached hydrogens (tertiary/aromatic N) is 4. The summed E-state index contributed by atoms with van der Waals surface area (Å²) in [6.45, 7) is 3.24. The highest BCUT2D eigenvalue weighted by Crippen LogP contribution is 2.33. The molecule has 1 unspecified atom stereocenters. The van der Waals surface area contributed by atoms with Crippen molar-refractivity contribution in [3.05, 3.63) is 106 Å². The number of amides is 2. The second-order valence-corrected chi connectivity index (χ2v) is 10.2. The monoisotopic (exact) mass is 566 g/mol. The molecule has 7 nitrogen and oxygen atoms in total. The standard InChI is InChI=1S/C30H29ClF2N4O3/c31-24-8-4-22(5-9-24)28-19-27(21-6-10-25(32)11-7-21)34-37(28)29(38)20-36(13-12-35-14-16-40-17-15-35)30(39)23-2-1-3-26(33)18-23/h1-11,18,28H,12-17,19-20H2. The molecule has 3 aromatic carbocycles. The molecule has 1 fully saturated rings. The van der Waals surface area contributed by atoms with E-state index in [-0.39, 0.29) is 30.4 Å². The molecule has 1 atom stereocenters. The van der Waals surface area contributed by atoms with Crippen LogP contribution in [0.4, 0.5) is 8.78 Å². The molecule has 208 valence electrons. The van der Waals surface area contributed by atoms with Gasteiger partial charge in [-0.25, -0.2) is 13.8 Å². The second-order valence-electron chi connectivity index (χ2n) is 9.75. The van der Waals surface area contributed by atoms with Crippen LogP contribution in [0.15, 0.2) is 77.9 Å². The number of carbonyl (C=O) groups excluding carboxylic acids is 2. The maximum absolute atomic E-state index is 14.0. The Morgan fingerprint density at radius 3 is 2.40 bits per heavy atom. The zero-order valence-electron chi connectivity index (χ0n) is 21.8. The van der Waals surface area contributed by atoms with Crippen molar-refractivity contribution < 1.29 is 23.1 Å². The summed E-state index contributed by atoms with van der Waals surface area (Å²) in [7, 11) is 0. The first-order chi connectivity index (χ1) is 19.4. The van der Waals surface area contributed by atoms with Crippen molar-refractivity contribution in [3.8, 4) is 0 Å². The van der Waals surface area contributed by atoms with Gasteiger partial charge in [-0.1, -0.05) is 41.9 Å². The van der Waals surface area contributed by atoms with Crippen molar-refractivity contribution in [1.29, 1.82) is 0 Å². The van der Waals surface area contributed by atoms with Gasteiger partial charge in [0.05, 0.1) is 25.0 Å². The Balaban J connectivity index is 1.41. The second kappa shape index (κ2) is 12.7. The highest BCUT2D eigenvalue weighted by atomic mass is 35.5. The molecule has 2 aliphatic rings. The first kappa shape index (κ1) is 27.9. The normalized spacial score (nSPS) is 17.5. The smallest absolute Gasteiger partial charge is 0.262 e. The zero-order chi connectivity index (χ0) is 28.1. The summed E-state index contributed by atoms with van der Waals surface area (Å²) in [5.74, 6) is -1.72. The lowest BCUT2D eigenvalue weighted by atomic mass is 9.98. The molecule has 0 saturated carbocycles. The molecule has 2 aliphatic heterocycles. The average molecular weight is 567 g/mol. The van der Waals surface area contributed by atoms with Gasteiger partial charge in [0.1, 0.15) is 18.2 Å². The largest absolute Gasteiger partial charge is 0.379 e. The molecule has 0 aliphatic carbocycles. The van der Waals surface area contributed by atoms with Crippen molar-refractivity contribution in [3.63, 3.8) is 0 Å². The van der Waals surface area contributed by atoms with Crippen LogP contribution in [0, 0.1) is 11.6 Å². The van der Waals surface area contributed by atoms with Gasteiger partial charge in [-0.05, 0) is 53.6 Å². The molecule has 0 N–H and O–H groups in total. The lowest BCUT2D eigenvalue weighted by Gasteiger charge is -2.31. The Kier molecular flexibility index (Phi) is 8.84. The van der Waals surface area contributed by atoms with Crippen LogP contribution in [0.2, 0.25) is 5.02 Å². The van der Waals surface area contributed by atoms with Crippen molar-refractivity contribution in [2.45, 2.75) is 12.5 Å². The number of halogens is 3. The summed E-state index contributed by atoms with van der Waals surface area (Å²) in [4.78, 5) is 30.9. The molecule has 0 aromatic heterocycles. The van der Waals surface area contributed by atoms with E-state index in [1.165, 1.54) is 46.3 Å². The van der Waals surface area contributed by atoms with Crippen molar-refractivity contribution >= 4 is 29.1 Å². The number of hydrogen-bond acceptors (Lipinski definition) is 5. The molecular weight excluding hydrogens is 538 g/mol. The highest BCUT2D eigenvalue weighted by molar-refractivity contribution is 6.30. The Hall–Kier alpha value is -3.66. The minimum absolute atomic E-state index is 0.168. The van der Waals surface area contributed by atoms with Crippen molar-refractivity contribution in [2.75, 3.05) is 45.9 Å². The summed E-state index contributed by atoms with van der Waals surface area (Å²) in [6, 6.07) is 18.1. The van der Waals surface area contributed by atoms with Gasteiger partial charge in [0, 0.05) is 43.2 Å². The number of rotatable bonds is 8. The number of carbonyl (C=O) groups is 2. The molecular formula is C30H29ClF2N4O3. The van der Waals surface area contributed by atoms with E-state index in [0.29, 0.717) is 42.5 Å². The van der Waals surface area contributed by atoms with E-state index in [1.54, 1.807) is 24.3 Å². The third-order valence-electron chi connectivity index (χ3n) is 7.07. The quantitative estimate of drug-likeness (QED) is 0.394. The number of hydrazone groups is 1. The van der Waals surface area contributed by atoms with E-state index >= 15 is 0 Å². The van der Waals surface area contributed by atoms with E-state index in [2.05, 4.69) is 10.0 Å².